The van der Waals surface area contributed by atoms with Crippen molar-refractivity contribution in [3.05, 3.63) is 0 Å². The van der Waals surface area contributed by atoms with E-state index in [4.69, 9.17) is 4.74 Å². The largest absolute Gasteiger partial charge is 0.390 e. The van der Waals surface area contributed by atoms with Gasteiger partial charge in [0.05, 0.1) is 18.3 Å². The molecule has 0 aromatic carbocycles. The molecule has 0 rings (SSSR count). The molecule has 0 radical (unpaired) electrons. The smallest absolute Gasteiger partial charge is 0.0603 e. The number of hydrogen-bond acceptors (Lipinski definition) is 3. The van der Waals surface area contributed by atoms with Crippen molar-refractivity contribution >= 4 is 0 Å². The Morgan fingerprint density at radius 3 is 2.40 bits per heavy atom. The second-order valence-electron chi connectivity index (χ2n) is 4.96. The highest BCUT2D eigenvalue weighted by Crippen LogP contribution is 2.07. The summed E-state index contributed by atoms with van der Waals surface area (Å²) in [6.45, 7) is 10.5. The third-order valence-corrected chi connectivity index (χ3v) is 2.56. The van der Waals surface area contributed by atoms with Gasteiger partial charge in [0.2, 0.25) is 0 Å². The van der Waals surface area contributed by atoms with E-state index in [1.807, 2.05) is 13.8 Å². The van der Waals surface area contributed by atoms with Gasteiger partial charge in [0, 0.05) is 13.1 Å². The van der Waals surface area contributed by atoms with Crippen molar-refractivity contribution in [1.82, 2.24) is 4.90 Å². The summed E-state index contributed by atoms with van der Waals surface area (Å²) in [5, 5.41) is 9.56. The molecule has 0 fully saturated rings. The van der Waals surface area contributed by atoms with E-state index in [0.717, 1.165) is 32.5 Å². The van der Waals surface area contributed by atoms with Gasteiger partial charge in [-0.25, -0.2) is 0 Å². The Morgan fingerprint density at radius 2 is 1.93 bits per heavy atom. The van der Waals surface area contributed by atoms with Crippen LogP contribution in [0.5, 0.6) is 0 Å². The Morgan fingerprint density at radius 1 is 1.33 bits per heavy atom. The monoisotopic (exact) mass is 217 g/mol. The van der Waals surface area contributed by atoms with Crippen LogP contribution in [0.25, 0.3) is 0 Å². The van der Waals surface area contributed by atoms with Gasteiger partial charge in [-0.2, -0.15) is 0 Å². The Balaban J connectivity index is 3.45. The first-order valence-electron chi connectivity index (χ1n) is 5.87. The average Bonchev–Trinajstić information content (AvgIpc) is 2.13. The molecule has 0 aliphatic rings. The fraction of sp³-hybridized carbons (Fsp3) is 1.00. The number of hydrogen-bond donors (Lipinski definition) is 1. The molecule has 3 heteroatoms. The predicted octanol–water partition coefficient (Wildman–Crippen LogP) is 1.89. The number of nitrogens with zero attached hydrogens (tertiary/aromatic N) is 1. The first-order valence-corrected chi connectivity index (χ1v) is 5.87. The Labute approximate surface area is 94.4 Å². The minimum atomic E-state index is -0.564. The summed E-state index contributed by atoms with van der Waals surface area (Å²) in [6, 6.07) is 0. The Bertz CT molecular complexity index is 154. The SMILES string of the molecule is CCC(C)OCCN(C)CCC(C)(C)O. The molecule has 0 spiro atoms. The minimum absolute atomic E-state index is 0.354. The molecule has 1 atom stereocenters. The van der Waals surface area contributed by atoms with Crippen molar-refractivity contribution in [2.45, 2.75) is 52.2 Å². The standard InChI is InChI=1S/C12H27NO2/c1-6-11(2)15-10-9-13(5)8-7-12(3,4)14/h11,14H,6-10H2,1-5H3. The maximum absolute atomic E-state index is 9.56. The van der Waals surface area contributed by atoms with Crippen molar-refractivity contribution in [2.24, 2.45) is 0 Å². The molecule has 0 heterocycles. The molecule has 0 aromatic heterocycles. The van der Waals surface area contributed by atoms with Crippen molar-refractivity contribution < 1.29 is 9.84 Å². The lowest BCUT2D eigenvalue weighted by atomic mass is 10.1. The van der Waals surface area contributed by atoms with E-state index >= 15 is 0 Å². The first kappa shape index (κ1) is 14.9. The topological polar surface area (TPSA) is 32.7 Å². The summed E-state index contributed by atoms with van der Waals surface area (Å²) in [5.41, 5.74) is -0.564. The van der Waals surface area contributed by atoms with E-state index in [1.165, 1.54) is 0 Å². The second-order valence-corrected chi connectivity index (χ2v) is 4.96. The van der Waals surface area contributed by atoms with E-state index in [2.05, 4.69) is 25.8 Å². The second kappa shape index (κ2) is 7.20. The predicted molar refractivity (Wildman–Crippen MR) is 64.1 cm³/mol. The van der Waals surface area contributed by atoms with E-state index in [9.17, 15) is 5.11 Å². The average molecular weight is 217 g/mol. The lowest BCUT2D eigenvalue weighted by Crippen LogP contribution is -2.31. The highest BCUT2D eigenvalue weighted by Gasteiger charge is 2.13. The number of aliphatic hydroxyl groups is 1. The molecule has 0 aromatic rings. The van der Waals surface area contributed by atoms with Gasteiger partial charge >= 0.3 is 0 Å². The molecule has 0 amide bonds. The van der Waals surface area contributed by atoms with Crippen LogP contribution in [0, 0.1) is 0 Å². The molecule has 0 saturated heterocycles. The van der Waals surface area contributed by atoms with Crippen molar-refractivity contribution in [2.75, 3.05) is 26.7 Å². The fourth-order valence-electron chi connectivity index (χ4n) is 1.10. The Hall–Kier alpha value is -0.120. The quantitative estimate of drug-likeness (QED) is 0.674. The molecule has 0 aliphatic carbocycles. The zero-order chi connectivity index (χ0) is 11.9. The molecule has 0 aliphatic heterocycles. The van der Waals surface area contributed by atoms with Crippen LogP contribution in [0.4, 0.5) is 0 Å². The van der Waals surface area contributed by atoms with Crippen LogP contribution < -0.4 is 0 Å². The molecule has 15 heavy (non-hydrogen) atoms. The van der Waals surface area contributed by atoms with Gasteiger partial charge in [-0.3, -0.25) is 0 Å². The summed E-state index contributed by atoms with van der Waals surface area (Å²) >= 11 is 0. The maximum atomic E-state index is 9.56. The van der Waals surface area contributed by atoms with E-state index in [-0.39, 0.29) is 0 Å². The molecular weight excluding hydrogens is 190 g/mol. The number of ether oxygens (including phenoxy) is 1. The van der Waals surface area contributed by atoms with Gasteiger partial charge in [0.25, 0.3) is 0 Å². The first-order chi connectivity index (χ1) is 6.85. The van der Waals surface area contributed by atoms with Crippen LogP contribution in [-0.2, 0) is 4.74 Å². The molecular formula is C12H27NO2. The summed E-state index contributed by atoms with van der Waals surface area (Å²) in [4.78, 5) is 2.19. The van der Waals surface area contributed by atoms with Gasteiger partial charge in [0.15, 0.2) is 0 Å². The highest BCUT2D eigenvalue weighted by atomic mass is 16.5. The number of likely N-dealkylation sites (N-methyl/N-ethyl adjacent to an activating group) is 1. The van der Waals surface area contributed by atoms with Crippen LogP contribution in [-0.4, -0.2) is 48.5 Å². The van der Waals surface area contributed by atoms with E-state index in [1.54, 1.807) is 0 Å². The van der Waals surface area contributed by atoms with Crippen molar-refractivity contribution in [3.63, 3.8) is 0 Å². The van der Waals surface area contributed by atoms with Gasteiger partial charge in [-0.05, 0) is 40.7 Å². The lowest BCUT2D eigenvalue weighted by Gasteiger charge is -2.23. The van der Waals surface area contributed by atoms with E-state index in [0.29, 0.717) is 6.10 Å². The highest BCUT2D eigenvalue weighted by molar-refractivity contribution is 4.67. The zero-order valence-corrected chi connectivity index (χ0v) is 10.9. The van der Waals surface area contributed by atoms with Gasteiger partial charge in [0.1, 0.15) is 0 Å². The van der Waals surface area contributed by atoms with Gasteiger partial charge < -0.3 is 14.7 Å². The van der Waals surface area contributed by atoms with E-state index < -0.39 is 5.60 Å². The van der Waals surface area contributed by atoms with Gasteiger partial charge in [-0.1, -0.05) is 6.92 Å². The summed E-state index contributed by atoms with van der Waals surface area (Å²) < 4.78 is 5.59. The number of rotatable bonds is 8. The van der Waals surface area contributed by atoms with Crippen LogP contribution >= 0.6 is 0 Å². The molecule has 1 N–H and O–H groups in total. The van der Waals surface area contributed by atoms with Crippen molar-refractivity contribution in [3.8, 4) is 0 Å². The third kappa shape index (κ3) is 10.2. The van der Waals surface area contributed by atoms with Crippen LogP contribution in [0.3, 0.4) is 0 Å². The summed E-state index contributed by atoms with van der Waals surface area (Å²) in [5.74, 6) is 0. The fourth-order valence-corrected chi connectivity index (χ4v) is 1.10. The maximum Gasteiger partial charge on any atom is 0.0603 e. The zero-order valence-electron chi connectivity index (χ0n) is 10.9. The molecule has 3 nitrogen and oxygen atoms in total. The third-order valence-electron chi connectivity index (χ3n) is 2.56. The van der Waals surface area contributed by atoms with Crippen LogP contribution in [0.15, 0.2) is 0 Å². The molecule has 92 valence electrons. The minimum Gasteiger partial charge on any atom is -0.390 e. The lowest BCUT2D eigenvalue weighted by molar-refractivity contribution is 0.0368. The molecule has 0 saturated carbocycles. The molecule has 1 unspecified atom stereocenters. The Kier molecular flexibility index (Phi) is 7.14. The van der Waals surface area contributed by atoms with Gasteiger partial charge in [-0.15, -0.1) is 0 Å². The van der Waals surface area contributed by atoms with Crippen LogP contribution in [0.1, 0.15) is 40.5 Å². The van der Waals surface area contributed by atoms with Crippen LogP contribution in [0.2, 0.25) is 0 Å². The molecule has 0 bridgehead atoms. The normalized spacial score (nSPS) is 14.6. The van der Waals surface area contributed by atoms with Crippen molar-refractivity contribution in [1.29, 1.82) is 0 Å². The summed E-state index contributed by atoms with van der Waals surface area (Å²) in [7, 11) is 2.06. The summed E-state index contributed by atoms with van der Waals surface area (Å²) in [6.07, 6.45) is 2.22.